The molecule has 1 N–H and O–H groups in total. The summed E-state index contributed by atoms with van der Waals surface area (Å²) in [4.78, 5) is 13.7. The van der Waals surface area contributed by atoms with Gasteiger partial charge >= 0.3 is 5.97 Å². The van der Waals surface area contributed by atoms with Crippen LogP contribution in [0.2, 0.25) is 5.02 Å². The highest BCUT2D eigenvalue weighted by Gasteiger charge is 2.29. The SMILES string of the molecule is COc1cc(/C=C/c2cccc(-c3ccccc3)c2C#N)c(Cl)cc1CN1CCCCC1C(=O)O. The molecule has 0 aliphatic carbocycles. The van der Waals surface area contributed by atoms with Crippen molar-refractivity contribution in [3.8, 4) is 22.9 Å². The Morgan fingerprint density at radius 1 is 1.14 bits per heavy atom. The summed E-state index contributed by atoms with van der Waals surface area (Å²) in [7, 11) is 1.60. The van der Waals surface area contributed by atoms with Crippen LogP contribution in [0, 0.1) is 11.3 Å². The number of hydrogen-bond acceptors (Lipinski definition) is 4. The van der Waals surface area contributed by atoms with Gasteiger partial charge < -0.3 is 9.84 Å². The number of piperidine rings is 1. The second-order valence-electron chi connectivity index (χ2n) is 8.59. The summed E-state index contributed by atoms with van der Waals surface area (Å²) >= 11 is 6.64. The minimum Gasteiger partial charge on any atom is -0.496 e. The van der Waals surface area contributed by atoms with Crippen LogP contribution < -0.4 is 4.74 Å². The molecule has 0 bridgehead atoms. The van der Waals surface area contributed by atoms with E-state index in [9.17, 15) is 15.2 Å². The highest BCUT2D eigenvalue weighted by atomic mass is 35.5. The first-order valence-electron chi connectivity index (χ1n) is 11.6. The van der Waals surface area contributed by atoms with Crippen LogP contribution in [0.5, 0.6) is 5.75 Å². The Labute approximate surface area is 210 Å². The van der Waals surface area contributed by atoms with Gasteiger partial charge in [-0.25, -0.2) is 0 Å². The molecule has 1 fully saturated rings. The van der Waals surface area contributed by atoms with Crippen molar-refractivity contribution in [1.29, 1.82) is 5.26 Å². The van der Waals surface area contributed by atoms with Gasteiger partial charge in [-0.2, -0.15) is 5.26 Å². The first-order valence-corrected chi connectivity index (χ1v) is 12.0. The molecule has 1 atom stereocenters. The molecule has 1 aliphatic heterocycles. The topological polar surface area (TPSA) is 73.6 Å². The largest absolute Gasteiger partial charge is 0.496 e. The number of benzene rings is 3. The average molecular weight is 487 g/mol. The third-order valence-corrected chi connectivity index (χ3v) is 6.73. The van der Waals surface area contributed by atoms with Crippen molar-refractivity contribution in [2.24, 2.45) is 0 Å². The molecular weight excluding hydrogens is 460 g/mol. The molecule has 0 spiro atoms. The Hall–Kier alpha value is -3.59. The molecule has 3 aromatic carbocycles. The zero-order chi connectivity index (χ0) is 24.8. The maximum absolute atomic E-state index is 11.7. The van der Waals surface area contributed by atoms with E-state index >= 15 is 0 Å². The van der Waals surface area contributed by atoms with Crippen molar-refractivity contribution in [1.82, 2.24) is 4.90 Å². The van der Waals surface area contributed by atoms with E-state index in [1.807, 2.05) is 77.7 Å². The summed E-state index contributed by atoms with van der Waals surface area (Å²) in [6.07, 6.45) is 6.31. The van der Waals surface area contributed by atoms with E-state index in [1.165, 1.54) is 0 Å². The molecule has 5 nitrogen and oxygen atoms in total. The van der Waals surface area contributed by atoms with Gasteiger partial charge in [0.15, 0.2) is 0 Å². The van der Waals surface area contributed by atoms with Crippen LogP contribution in [0.25, 0.3) is 23.3 Å². The van der Waals surface area contributed by atoms with Crippen molar-refractivity contribution in [3.63, 3.8) is 0 Å². The Morgan fingerprint density at radius 2 is 1.91 bits per heavy atom. The Kier molecular flexibility index (Phi) is 7.87. The molecule has 4 rings (SSSR count). The number of carboxylic acid groups (broad SMARTS) is 1. The van der Waals surface area contributed by atoms with E-state index in [4.69, 9.17) is 16.3 Å². The van der Waals surface area contributed by atoms with Crippen molar-refractivity contribution >= 4 is 29.7 Å². The second kappa shape index (κ2) is 11.2. The molecule has 0 aromatic heterocycles. The number of methoxy groups -OCH3 is 1. The van der Waals surface area contributed by atoms with Crippen LogP contribution in [0.15, 0.2) is 60.7 Å². The lowest BCUT2D eigenvalue weighted by Crippen LogP contribution is -2.44. The number of ether oxygens (including phenoxy) is 1. The van der Waals surface area contributed by atoms with Crippen LogP contribution in [0.1, 0.15) is 41.5 Å². The van der Waals surface area contributed by atoms with E-state index in [1.54, 1.807) is 7.11 Å². The molecule has 1 heterocycles. The molecule has 1 saturated heterocycles. The summed E-state index contributed by atoms with van der Waals surface area (Å²) in [6.45, 7) is 1.19. The average Bonchev–Trinajstić information content (AvgIpc) is 2.88. The van der Waals surface area contributed by atoms with Crippen LogP contribution >= 0.6 is 11.6 Å². The summed E-state index contributed by atoms with van der Waals surface area (Å²) in [5, 5.41) is 20.0. The van der Waals surface area contributed by atoms with E-state index in [0.29, 0.717) is 29.3 Å². The number of aliphatic carboxylic acids is 1. The third kappa shape index (κ3) is 5.57. The van der Waals surface area contributed by atoms with Crippen molar-refractivity contribution < 1.29 is 14.6 Å². The van der Waals surface area contributed by atoms with Crippen molar-refractivity contribution in [2.75, 3.05) is 13.7 Å². The fraction of sp³-hybridized carbons (Fsp3) is 0.241. The lowest BCUT2D eigenvalue weighted by molar-refractivity contribution is -0.144. The van der Waals surface area contributed by atoms with Gasteiger partial charge in [-0.05, 0) is 48.2 Å². The summed E-state index contributed by atoms with van der Waals surface area (Å²) in [6, 6.07) is 21.2. The maximum atomic E-state index is 11.7. The van der Waals surface area contributed by atoms with Gasteiger partial charge in [0, 0.05) is 22.7 Å². The van der Waals surface area contributed by atoms with Gasteiger partial charge in [0.05, 0.1) is 12.7 Å². The molecular formula is C29H27ClN2O3. The zero-order valence-corrected chi connectivity index (χ0v) is 20.3. The first-order chi connectivity index (χ1) is 17.0. The fourth-order valence-corrected chi connectivity index (χ4v) is 4.85. The standard InChI is InChI=1S/C29H27ClN2O3/c1-35-28-17-22(26(30)16-23(28)19-32-15-6-5-12-27(32)29(33)34)14-13-21-10-7-11-24(25(21)18-31)20-8-3-2-4-9-20/h2-4,7-11,13-14,16-17,27H,5-6,12,15,19H2,1H3,(H,33,34)/b14-13+. The molecule has 35 heavy (non-hydrogen) atoms. The number of halogens is 1. The molecule has 178 valence electrons. The van der Waals surface area contributed by atoms with Gasteiger partial charge in [-0.3, -0.25) is 9.69 Å². The van der Waals surface area contributed by atoms with Crippen molar-refractivity contribution in [3.05, 3.63) is 87.9 Å². The predicted octanol–water partition coefficient (Wildman–Crippen LogP) is 6.50. The number of likely N-dealkylation sites (tertiary alicyclic amines) is 1. The molecule has 1 aliphatic rings. The van der Waals surface area contributed by atoms with Crippen LogP contribution in [0.4, 0.5) is 0 Å². The van der Waals surface area contributed by atoms with E-state index in [0.717, 1.165) is 47.2 Å². The van der Waals surface area contributed by atoms with E-state index < -0.39 is 12.0 Å². The molecule has 0 amide bonds. The van der Waals surface area contributed by atoms with E-state index in [-0.39, 0.29) is 0 Å². The van der Waals surface area contributed by atoms with Crippen molar-refractivity contribution in [2.45, 2.75) is 31.8 Å². The highest BCUT2D eigenvalue weighted by molar-refractivity contribution is 6.32. The normalized spacial score (nSPS) is 16.2. The number of carboxylic acids is 1. The Balaban J connectivity index is 1.63. The molecule has 3 aromatic rings. The monoisotopic (exact) mass is 486 g/mol. The zero-order valence-electron chi connectivity index (χ0n) is 19.6. The predicted molar refractivity (Wildman–Crippen MR) is 139 cm³/mol. The summed E-state index contributed by atoms with van der Waals surface area (Å²) in [5.74, 6) is -0.136. The third-order valence-electron chi connectivity index (χ3n) is 6.41. The Bertz CT molecular complexity index is 1280. The number of carbonyl (C=O) groups is 1. The van der Waals surface area contributed by atoms with Crippen LogP contribution in [-0.4, -0.2) is 35.7 Å². The lowest BCUT2D eigenvalue weighted by Gasteiger charge is -2.33. The fourth-order valence-electron chi connectivity index (χ4n) is 4.60. The highest BCUT2D eigenvalue weighted by Crippen LogP contribution is 2.32. The number of hydrogen-bond donors (Lipinski definition) is 1. The van der Waals surface area contributed by atoms with Gasteiger partial charge in [0.25, 0.3) is 0 Å². The maximum Gasteiger partial charge on any atom is 0.320 e. The first kappa shape index (κ1) is 24.5. The Morgan fingerprint density at radius 3 is 2.63 bits per heavy atom. The second-order valence-corrected chi connectivity index (χ2v) is 8.99. The minimum atomic E-state index is -0.791. The van der Waals surface area contributed by atoms with Gasteiger partial charge in [-0.15, -0.1) is 0 Å². The lowest BCUT2D eigenvalue weighted by atomic mass is 9.95. The number of nitriles is 1. The van der Waals surface area contributed by atoms with Crippen LogP contribution in [0.3, 0.4) is 0 Å². The molecule has 0 saturated carbocycles. The molecule has 0 radical (unpaired) electrons. The van der Waals surface area contributed by atoms with Crippen LogP contribution in [-0.2, 0) is 11.3 Å². The number of rotatable bonds is 7. The van der Waals surface area contributed by atoms with E-state index in [2.05, 4.69) is 6.07 Å². The smallest absolute Gasteiger partial charge is 0.320 e. The molecule has 6 heteroatoms. The number of nitrogens with zero attached hydrogens (tertiary/aromatic N) is 2. The van der Waals surface area contributed by atoms with Gasteiger partial charge in [0.1, 0.15) is 17.9 Å². The van der Waals surface area contributed by atoms with Gasteiger partial charge in [-0.1, -0.05) is 78.7 Å². The summed E-state index contributed by atoms with van der Waals surface area (Å²) in [5.41, 5.74) is 4.87. The quantitative estimate of drug-likeness (QED) is 0.386. The summed E-state index contributed by atoms with van der Waals surface area (Å²) < 4.78 is 5.63. The minimum absolute atomic E-state index is 0.460. The molecule has 1 unspecified atom stereocenters. The van der Waals surface area contributed by atoms with Gasteiger partial charge in [0.2, 0.25) is 0 Å².